The largest absolute Gasteiger partial charge is 0.390 e. The second-order valence-electron chi connectivity index (χ2n) is 3.20. The van der Waals surface area contributed by atoms with Gasteiger partial charge in [0.05, 0.1) is 6.61 Å². The first-order valence-corrected chi connectivity index (χ1v) is 3.99. The summed E-state index contributed by atoms with van der Waals surface area (Å²) in [6, 6.07) is 3.91. The molecule has 0 spiro atoms. The lowest BCUT2D eigenvalue weighted by molar-refractivity contribution is 0.268. The molecule has 2 nitrogen and oxygen atoms in total. The Bertz CT molecular complexity index is 215. The maximum absolute atomic E-state index is 8.90. The molecule has 1 aromatic heterocycles. The molecule has 1 rings (SSSR count). The van der Waals surface area contributed by atoms with Gasteiger partial charge < -0.3 is 9.67 Å². The maximum Gasteiger partial charge on any atom is 0.0832 e. The van der Waals surface area contributed by atoms with Crippen molar-refractivity contribution in [2.45, 2.75) is 27.0 Å². The van der Waals surface area contributed by atoms with Crippen molar-refractivity contribution in [3.63, 3.8) is 0 Å². The molecule has 1 N–H and O–H groups in total. The summed E-state index contributed by atoms with van der Waals surface area (Å²) in [5, 5.41) is 8.90. The second-order valence-corrected chi connectivity index (χ2v) is 3.20. The molecule has 0 bridgehead atoms. The molecule has 0 amide bonds. The van der Waals surface area contributed by atoms with Crippen molar-refractivity contribution in [3.05, 3.63) is 24.0 Å². The van der Waals surface area contributed by atoms with Crippen molar-refractivity contribution in [1.29, 1.82) is 0 Å². The molecule has 0 radical (unpaired) electrons. The molecule has 0 saturated heterocycles. The van der Waals surface area contributed by atoms with E-state index in [1.54, 1.807) is 0 Å². The molecule has 0 aliphatic rings. The first-order valence-electron chi connectivity index (χ1n) is 3.99. The van der Waals surface area contributed by atoms with Crippen LogP contribution in [0.3, 0.4) is 0 Å². The van der Waals surface area contributed by atoms with E-state index in [0.717, 1.165) is 12.2 Å². The van der Waals surface area contributed by atoms with Crippen LogP contribution in [0.2, 0.25) is 0 Å². The zero-order chi connectivity index (χ0) is 8.27. The van der Waals surface area contributed by atoms with Crippen molar-refractivity contribution in [2.75, 3.05) is 0 Å². The number of aromatic nitrogens is 1. The zero-order valence-corrected chi connectivity index (χ0v) is 7.12. The number of hydrogen-bond donors (Lipinski definition) is 1. The Morgan fingerprint density at radius 3 is 2.82 bits per heavy atom. The first-order chi connectivity index (χ1) is 5.24. The van der Waals surface area contributed by atoms with E-state index in [4.69, 9.17) is 5.11 Å². The fourth-order valence-corrected chi connectivity index (χ4v) is 1.16. The zero-order valence-electron chi connectivity index (χ0n) is 7.12. The third-order valence-corrected chi connectivity index (χ3v) is 1.65. The van der Waals surface area contributed by atoms with Crippen molar-refractivity contribution >= 4 is 0 Å². The maximum atomic E-state index is 8.90. The number of hydrogen-bond acceptors (Lipinski definition) is 1. The van der Waals surface area contributed by atoms with Gasteiger partial charge in [-0.15, -0.1) is 0 Å². The molecule has 0 atom stereocenters. The molecule has 1 aromatic rings. The minimum atomic E-state index is 0.139. The Balaban J connectivity index is 2.68. The number of aliphatic hydroxyl groups is 1. The standard InChI is InChI=1S/C9H15NO/c1-8(2)6-10-5-3-4-9(10)7-11/h3-5,8,11H,6-7H2,1-2H3. The molecule has 62 valence electrons. The van der Waals surface area contributed by atoms with Crippen molar-refractivity contribution in [3.8, 4) is 0 Å². The highest BCUT2D eigenvalue weighted by Gasteiger charge is 2.00. The summed E-state index contributed by atoms with van der Waals surface area (Å²) in [7, 11) is 0. The molecular formula is C9H15NO. The summed E-state index contributed by atoms with van der Waals surface area (Å²) in [5.41, 5.74) is 0.999. The molecule has 0 aromatic carbocycles. The lowest BCUT2D eigenvalue weighted by Crippen LogP contribution is -2.06. The van der Waals surface area contributed by atoms with Crippen LogP contribution in [0.25, 0.3) is 0 Å². The third-order valence-electron chi connectivity index (χ3n) is 1.65. The fourth-order valence-electron chi connectivity index (χ4n) is 1.16. The Morgan fingerprint density at radius 2 is 2.27 bits per heavy atom. The van der Waals surface area contributed by atoms with Crippen molar-refractivity contribution in [2.24, 2.45) is 5.92 Å². The van der Waals surface area contributed by atoms with Gasteiger partial charge in [0.1, 0.15) is 0 Å². The Labute approximate surface area is 67.5 Å². The van der Waals surface area contributed by atoms with Crippen LogP contribution in [0.1, 0.15) is 19.5 Å². The van der Waals surface area contributed by atoms with Gasteiger partial charge in [-0.3, -0.25) is 0 Å². The van der Waals surface area contributed by atoms with Crippen LogP contribution in [-0.4, -0.2) is 9.67 Å². The lowest BCUT2D eigenvalue weighted by Gasteiger charge is -2.09. The van der Waals surface area contributed by atoms with E-state index >= 15 is 0 Å². The normalized spacial score (nSPS) is 10.9. The SMILES string of the molecule is CC(C)Cn1cccc1CO. The van der Waals surface area contributed by atoms with E-state index in [9.17, 15) is 0 Å². The monoisotopic (exact) mass is 153 g/mol. The van der Waals surface area contributed by atoms with E-state index in [1.165, 1.54) is 0 Å². The van der Waals surface area contributed by atoms with Crippen molar-refractivity contribution in [1.82, 2.24) is 4.57 Å². The van der Waals surface area contributed by atoms with E-state index < -0.39 is 0 Å². The van der Waals surface area contributed by atoms with Gasteiger partial charge in [0, 0.05) is 18.4 Å². The quantitative estimate of drug-likeness (QED) is 0.701. The molecule has 0 aliphatic heterocycles. The predicted molar refractivity (Wildman–Crippen MR) is 45.2 cm³/mol. The minimum Gasteiger partial charge on any atom is -0.390 e. The number of aliphatic hydroxyl groups excluding tert-OH is 1. The third kappa shape index (κ3) is 2.09. The van der Waals surface area contributed by atoms with E-state index in [-0.39, 0.29) is 6.61 Å². The van der Waals surface area contributed by atoms with E-state index in [0.29, 0.717) is 5.92 Å². The van der Waals surface area contributed by atoms with Gasteiger partial charge >= 0.3 is 0 Å². The highest BCUT2D eigenvalue weighted by Crippen LogP contribution is 2.05. The summed E-state index contributed by atoms with van der Waals surface area (Å²) in [5.74, 6) is 0.632. The minimum absolute atomic E-state index is 0.139. The average molecular weight is 153 g/mol. The highest BCUT2D eigenvalue weighted by atomic mass is 16.3. The molecule has 0 unspecified atom stereocenters. The molecule has 1 heterocycles. The Kier molecular flexibility index (Phi) is 2.71. The van der Waals surface area contributed by atoms with Crippen LogP contribution < -0.4 is 0 Å². The summed E-state index contributed by atoms with van der Waals surface area (Å²) >= 11 is 0. The van der Waals surface area contributed by atoms with Gasteiger partial charge in [-0.05, 0) is 18.1 Å². The molecule has 0 fully saturated rings. The van der Waals surface area contributed by atoms with Gasteiger partial charge in [-0.1, -0.05) is 13.8 Å². The highest BCUT2D eigenvalue weighted by molar-refractivity contribution is 5.05. The molecule has 11 heavy (non-hydrogen) atoms. The Hall–Kier alpha value is -0.760. The van der Waals surface area contributed by atoms with E-state index in [2.05, 4.69) is 18.4 Å². The smallest absolute Gasteiger partial charge is 0.0832 e. The summed E-state index contributed by atoms with van der Waals surface area (Å²) < 4.78 is 2.09. The second kappa shape index (κ2) is 3.58. The number of rotatable bonds is 3. The van der Waals surface area contributed by atoms with Gasteiger partial charge in [-0.2, -0.15) is 0 Å². The first kappa shape index (κ1) is 8.34. The van der Waals surface area contributed by atoms with E-state index in [1.807, 2.05) is 18.3 Å². The van der Waals surface area contributed by atoms with Crippen LogP contribution in [0.15, 0.2) is 18.3 Å². The molecule has 0 saturated carbocycles. The predicted octanol–water partition coefficient (Wildman–Crippen LogP) is 1.64. The molecule has 0 aliphatic carbocycles. The van der Waals surface area contributed by atoms with Gasteiger partial charge in [0.15, 0.2) is 0 Å². The van der Waals surface area contributed by atoms with Gasteiger partial charge in [0.25, 0.3) is 0 Å². The van der Waals surface area contributed by atoms with Crippen LogP contribution in [-0.2, 0) is 13.2 Å². The summed E-state index contributed by atoms with van der Waals surface area (Å²) in [6.45, 7) is 5.46. The van der Waals surface area contributed by atoms with Crippen LogP contribution in [0, 0.1) is 5.92 Å². The average Bonchev–Trinajstić information content (AvgIpc) is 2.34. The van der Waals surface area contributed by atoms with Gasteiger partial charge in [0.2, 0.25) is 0 Å². The Morgan fingerprint density at radius 1 is 1.55 bits per heavy atom. The fraction of sp³-hybridized carbons (Fsp3) is 0.556. The summed E-state index contributed by atoms with van der Waals surface area (Å²) in [6.07, 6.45) is 2.01. The molecular weight excluding hydrogens is 138 g/mol. The van der Waals surface area contributed by atoms with Crippen LogP contribution >= 0.6 is 0 Å². The molecule has 2 heteroatoms. The topological polar surface area (TPSA) is 25.2 Å². The summed E-state index contributed by atoms with van der Waals surface area (Å²) in [4.78, 5) is 0. The van der Waals surface area contributed by atoms with Gasteiger partial charge in [-0.25, -0.2) is 0 Å². The van der Waals surface area contributed by atoms with Crippen LogP contribution in [0.5, 0.6) is 0 Å². The lowest BCUT2D eigenvalue weighted by atomic mass is 10.2. The van der Waals surface area contributed by atoms with Crippen molar-refractivity contribution < 1.29 is 5.11 Å². The number of nitrogens with zero attached hydrogens (tertiary/aromatic N) is 1. The van der Waals surface area contributed by atoms with Crippen LogP contribution in [0.4, 0.5) is 0 Å².